The van der Waals surface area contributed by atoms with Crippen molar-refractivity contribution in [3.05, 3.63) is 47.9 Å². The molecule has 1 amide bonds. The molecule has 6 nitrogen and oxygen atoms in total. The van der Waals surface area contributed by atoms with Gasteiger partial charge in [0.05, 0.1) is 23.7 Å². The SMILES string of the molecule is CN(C)C(=O)c1cncc(-c2ccccc2C(=O)O)n1. The van der Waals surface area contributed by atoms with E-state index in [2.05, 4.69) is 9.97 Å². The molecular weight excluding hydrogens is 258 g/mol. The molecule has 0 saturated carbocycles. The minimum atomic E-state index is -1.05. The van der Waals surface area contributed by atoms with E-state index in [0.717, 1.165) is 0 Å². The molecule has 1 heterocycles. The molecule has 6 heteroatoms. The zero-order valence-electron chi connectivity index (χ0n) is 11.1. The van der Waals surface area contributed by atoms with Crippen LogP contribution in [-0.2, 0) is 0 Å². The van der Waals surface area contributed by atoms with Crippen molar-refractivity contribution >= 4 is 11.9 Å². The van der Waals surface area contributed by atoms with Gasteiger partial charge in [-0.05, 0) is 6.07 Å². The van der Waals surface area contributed by atoms with Gasteiger partial charge in [-0.25, -0.2) is 9.78 Å². The smallest absolute Gasteiger partial charge is 0.336 e. The van der Waals surface area contributed by atoms with Crippen molar-refractivity contribution in [3.63, 3.8) is 0 Å². The monoisotopic (exact) mass is 271 g/mol. The van der Waals surface area contributed by atoms with Gasteiger partial charge >= 0.3 is 5.97 Å². The molecule has 0 saturated heterocycles. The minimum absolute atomic E-state index is 0.122. The molecular formula is C14H13N3O3. The number of nitrogens with zero attached hydrogens (tertiary/aromatic N) is 3. The van der Waals surface area contributed by atoms with Crippen molar-refractivity contribution in [3.8, 4) is 11.3 Å². The van der Waals surface area contributed by atoms with Crippen LogP contribution < -0.4 is 0 Å². The summed E-state index contributed by atoms with van der Waals surface area (Å²) < 4.78 is 0. The number of benzene rings is 1. The quantitative estimate of drug-likeness (QED) is 0.915. The molecule has 0 fully saturated rings. The number of rotatable bonds is 3. The number of hydrogen-bond acceptors (Lipinski definition) is 4. The van der Waals surface area contributed by atoms with Crippen molar-refractivity contribution in [2.45, 2.75) is 0 Å². The van der Waals surface area contributed by atoms with Crippen molar-refractivity contribution in [2.75, 3.05) is 14.1 Å². The van der Waals surface area contributed by atoms with E-state index in [1.54, 1.807) is 32.3 Å². The van der Waals surface area contributed by atoms with Crippen molar-refractivity contribution < 1.29 is 14.7 Å². The second-order valence-electron chi connectivity index (χ2n) is 4.34. The number of hydrogen-bond donors (Lipinski definition) is 1. The van der Waals surface area contributed by atoms with E-state index < -0.39 is 5.97 Å². The van der Waals surface area contributed by atoms with Gasteiger partial charge in [0.2, 0.25) is 0 Å². The van der Waals surface area contributed by atoms with Gasteiger partial charge < -0.3 is 10.0 Å². The Balaban J connectivity index is 2.52. The molecule has 2 rings (SSSR count). The van der Waals surface area contributed by atoms with E-state index >= 15 is 0 Å². The van der Waals surface area contributed by atoms with Gasteiger partial charge in [0.1, 0.15) is 5.69 Å². The zero-order valence-corrected chi connectivity index (χ0v) is 11.1. The van der Waals surface area contributed by atoms with Gasteiger partial charge in [-0.3, -0.25) is 9.78 Å². The second-order valence-corrected chi connectivity index (χ2v) is 4.34. The molecule has 0 aliphatic heterocycles. The summed E-state index contributed by atoms with van der Waals surface area (Å²) in [5, 5.41) is 9.17. The number of aromatic carboxylic acids is 1. The summed E-state index contributed by atoms with van der Waals surface area (Å²) in [6.45, 7) is 0. The van der Waals surface area contributed by atoms with Gasteiger partial charge in [-0.15, -0.1) is 0 Å². The number of aromatic nitrogens is 2. The number of carbonyl (C=O) groups excluding carboxylic acids is 1. The molecule has 20 heavy (non-hydrogen) atoms. The van der Waals surface area contributed by atoms with Crippen molar-refractivity contribution in [1.29, 1.82) is 0 Å². The van der Waals surface area contributed by atoms with Gasteiger partial charge in [-0.1, -0.05) is 18.2 Å². The van der Waals surface area contributed by atoms with Crippen LogP contribution in [0.15, 0.2) is 36.7 Å². The van der Waals surface area contributed by atoms with Crippen molar-refractivity contribution in [1.82, 2.24) is 14.9 Å². The number of carboxylic acid groups (broad SMARTS) is 1. The third-order valence-corrected chi connectivity index (χ3v) is 2.69. The maximum absolute atomic E-state index is 11.9. The fraction of sp³-hybridized carbons (Fsp3) is 0.143. The first kappa shape index (κ1) is 13.7. The lowest BCUT2D eigenvalue weighted by molar-refractivity contribution is 0.0697. The largest absolute Gasteiger partial charge is 0.478 e. The van der Waals surface area contributed by atoms with E-state index in [0.29, 0.717) is 11.3 Å². The minimum Gasteiger partial charge on any atom is -0.478 e. The van der Waals surface area contributed by atoms with Crippen molar-refractivity contribution in [2.24, 2.45) is 0 Å². The highest BCUT2D eigenvalue weighted by atomic mass is 16.4. The van der Waals surface area contributed by atoms with Crippen LogP contribution in [0.5, 0.6) is 0 Å². The van der Waals surface area contributed by atoms with E-state index in [4.69, 9.17) is 0 Å². The molecule has 102 valence electrons. The second kappa shape index (κ2) is 5.48. The Labute approximate surface area is 115 Å². The molecule has 1 aromatic heterocycles. The van der Waals surface area contributed by atoms with Gasteiger partial charge in [0.25, 0.3) is 5.91 Å². The fourth-order valence-electron chi connectivity index (χ4n) is 1.72. The summed E-state index contributed by atoms with van der Waals surface area (Å²) in [4.78, 5) is 32.6. The summed E-state index contributed by atoms with van der Waals surface area (Å²) in [5.74, 6) is -1.33. The highest BCUT2D eigenvalue weighted by Gasteiger charge is 2.15. The molecule has 0 atom stereocenters. The van der Waals surface area contributed by atoms with E-state index in [-0.39, 0.29) is 17.2 Å². The van der Waals surface area contributed by atoms with Gasteiger partial charge in [0, 0.05) is 19.7 Å². The van der Waals surface area contributed by atoms with E-state index in [1.165, 1.54) is 23.4 Å². The van der Waals surface area contributed by atoms with E-state index in [1.807, 2.05) is 0 Å². The average Bonchev–Trinajstić information content (AvgIpc) is 2.46. The predicted octanol–water partition coefficient (Wildman–Crippen LogP) is 1.54. The normalized spacial score (nSPS) is 10.1. The number of carbonyl (C=O) groups is 2. The molecule has 0 bridgehead atoms. The number of carboxylic acids is 1. The Morgan fingerprint density at radius 2 is 1.85 bits per heavy atom. The van der Waals surface area contributed by atoms with Gasteiger partial charge in [0.15, 0.2) is 0 Å². The summed E-state index contributed by atoms with van der Waals surface area (Å²) >= 11 is 0. The summed E-state index contributed by atoms with van der Waals surface area (Å²) in [6.07, 6.45) is 2.80. The molecule has 1 N–H and O–H groups in total. The molecule has 0 aliphatic rings. The van der Waals surface area contributed by atoms with Crippen LogP contribution in [0.2, 0.25) is 0 Å². The third kappa shape index (κ3) is 2.64. The molecule has 0 unspecified atom stereocenters. The number of amides is 1. The Kier molecular flexibility index (Phi) is 3.74. The van der Waals surface area contributed by atoms with Crippen LogP contribution >= 0.6 is 0 Å². The lowest BCUT2D eigenvalue weighted by atomic mass is 10.1. The topological polar surface area (TPSA) is 83.4 Å². The van der Waals surface area contributed by atoms with Crippen LogP contribution in [0, 0.1) is 0 Å². The van der Waals surface area contributed by atoms with Crippen LogP contribution in [0.1, 0.15) is 20.8 Å². The van der Waals surface area contributed by atoms with Crippen LogP contribution in [0.25, 0.3) is 11.3 Å². The Morgan fingerprint density at radius 1 is 1.15 bits per heavy atom. The lowest BCUT2D eigenvalue weighted by Gasteiger charge is -2.10. The first-order valence-electron chi connectivity index (χ1n) is 5.87. The van der Waals surface area contributed by atoms with Crippen LogP contribution in [0.4, 0.5) is 0 Å². The highest BCUT2D eigenvalue weighted by Crippen LogP contribution is 2.21. The molecule has 2 aromatic rings. The summed E-state index contributed by atoms with van der Waals surface area (Å²) in [7, 11) is 3.23. The Morgan fingerprint density at radius 3 is 2.50 bits per heavy atom. The summed E-state index contributed by atoms with van der Waals surface area (Å²) in [5.41, 5.74) is 1.08. The van der Waals surface area contributed by atoms with Gasteiger partial charge in [-0.2, -0.15) is 0 Å². The summed E-state index contributed by atoms with van der Waals surface area (Å²) in [6, 6.07) is 6.47. The van der Waals surface area contributed by atoms with Crippen LogP contribution in [0.3, 0.4) is 0 Å². The molecule has 1 aromatic carbocycles. The fourth-order valence-corrected chi connectivity index (χ4v) is 1.72. The Bertz CT molecular complexity index is 668. The molecule has 0 spiro atoms. The molecule has 0 aliphatic carbocycles. The third-order valence-electron chi connectivity index (χ3n) is 2.69. The maximum atomic E-state index is 11.9. The van der Waals surface area contributed by atoms with Crippen LogP contribution in [-0.4, -0.2) is 45.9 Å². The predicted molar refractivity (Wildman–Crippen MR) is 72.4 cm³/mol. The first-order chi connectivity index (χ1) is 9.50. The molecule has 0 radical (unpaired) electrons. The first-order valence-corrected chi connectivity index (χ1v) is 5.87. The average molecular weight is 271 g/mol. The standard InChI is InChI=1S/C14H13N3O3/c1-17(2)13(18)12-8-15-7-11(16-12)9-5-3-4-6-10(9)14(19)20/h3-8H,1-2H3,(H,19,20). The lowest BCUT2D eigenvalue weighted by Crippen LogP contribution is -2.23. The van der Waals surface area contributed by atoms with E-state index in [9.17, 15) is 14.7 Å². The Hall–Kier alpha value is -2.76. The highest BCUT2D eigenvalue weighted by molar-refractivity contribution is 5.96. The zero-order chi connectivity index (χ0) is 14.7. The maximum Gasteiger partial charge on any atom is 0.336 e.